The molecule has 12 heteroatoms. The van der Waals surface area contributed by atoms with E-state index in [-0.39, 0.29) is 11.2 Å². The molecule has 5 rings (SSSR count). The summed E-state index contributed by atoms with van der Waals surface area (Å²) in [6, 6.07) is 6.33. The number of aliphatic hydroxyl groups is 2. The highest BCUT2D eigenvalue weighted by Crippen LogP contribution is 2.32. The van der Waals surface area contributed by atoms with E-state index in [2.05, 4.69) is 74.1 Å². The predicted octanol–water partition coefficient (Wildman–Crippen LogP) is 1.64. The van der Waals surface area contributed by atoms with Gasteiger partial charge in [-0.25, -0.2) is 19.9 Å². The summed E-state index contributed by atoms with van der Waals surface area (Å²) in [5, 5.41) is 24.7. The highest BCUT2D eigenvalue weighted by atomic mass is 16.6. The molecule has 4 atom stereocenters. The number of fused-ring (bicyclic) bond motifs is 2. The first-order valence-corrected chi connectivity index (χ1v) is 12.5. The number of nitrogen functional groups attached to an aromatic ring is 1. The molecule has 1 fully saturated rings. The lowest BCUT2D eigenvalue weighted by Crippen LogP contribution is -2.39. The first kappa shape index (κ1) is 25.3. The van der Waals surface area contributed by atoms with Crippen LogP contribution in [0.5, 0.6) is 0 Å². The van der Waals surface area contributed by atoms with E-state index in [0.29, 0.717) is 17.7 Å². The summed E-state index contributed by atoms with van der Waals surface area (Å²) in [5.74, 6) is 1.00. The van der Waals surface area contributed by atoms with Crippen LogP contribution >= 0.6 is 0 Å². The van der Waals surface area contributed by atoms with Gasteiger partial charge in [-0.3, -0.25) is 4.57 Å². The Morgan fingerprint density at radius 3 is 2.78 bits per heavy atom. The third kappa shape index (κ3) is 5.10. The number of nitrogens with two attached hydrogens (primary N) is 1. The smallest absolute Gasteiger partial charge is 0.201 e. The van der Waals surface area contributed by atoms with Crippen LogP contribution in [0.3, 0.4) is 0 Å². The lowest BCUT2D eigenvalue weighted by atomic mass is 9.87. The molecule has 6 N–H and O–H groups in total. The number of aliphatic hydroxyl groups excluding tert-OH is 2. The van der Waals surface area contributed by atoms with Crippen molar-refractivity contribution in [3.05, 3.63) is 36.4 Å². The average Bonchev–Trinajstić information content (AvgIpc) is 3.53. The second kappa shape index (κ2) is 9.86. The van der Waals surface area contributed by atoms with Gasteiger partial charge in [-0.1, -0.05) is 26.8 Å². The van der Waals surface area contributed by atoms with Crippen molar-refractivity contribution in [3.8, 4) is 0 Å². The summed E-state index contributed by atoms with van der Waals surface area (Å²) in [4.78, 5) is 22.4. The molecule has 0 radical (unpaired) electrons. The van der Waals surface area contributed by atoms with E-state index >= 15 is 0 Å². The van der Waals surface area contributed by atoms with Crippen molar-refractivity contribution >= 4 is 34.0 Å². The Morgan fingerprint density at radius 2 is 2.00 bits per heavy atom. The minimum atomic E-state index is -1.12. The Morgan fingerprint density at radius 1 is 1.19 bits per heavy atom. The zero-order chi connectivity index (χ0) is 26.3. The van der Waals surface area contributed by atoms with E-state index in [0.717, 1.165) is 36.5 Å². The van der Waals surface area contributed by atoms with Crippen LogP contribution in [-0.4, -0.2) is 89.6 Å². The monoisotopic (exact) mass is 509 g/mol. The van der Waals surface area contributed by atoms with Crippen LogP contribution in [0.25, 0.3) is 22.2 Å². The van der Waals surface area contributed by atoms with Crippen molar-refractivity contribution in [1.29, 1.82) is 0 Å². The van der Waals surface area contributed by atoms with Crippen LogP contribution < -0.4 is 11.1 Å². The molecule has 0 aliphatic carbocycles. The van der Waals surface area contributed by atoms with Gasteiger partial charge in [0, 0.05) is 13.1 Å². The number of hydrogen-bond donors (Lipinski definition) is 5. The molecule has 4 aromatic rings. The topological polar surface area (TPSA) is 163 Å². The molecule has 0 amide bonds. The fourth-order valence-corrected chi connectivity index (χ4v) is 4.68. The molecule has 1 aromatic carbocycles. The van der Waals surface area contributed by atoms with E-state index in [1.54, 1.807) is 4.57 Å². The highest BCUT2D eigenvalue weighted by Gasteiger charge is 2.44. The average molecular weight is 510 g/mol. The Labute approximate surface area is 214 Å². The van der Waals surface area contributed by atoms with Crippen LogP contribution in [0.15, 0.2) is 30.9 Å². The first-order valence-electron chi connectivity index (χ1n) is 12.5. The number of imidazole rings is 2. The molecular weight excluding hydrogens is 474 g/mol. The quantitative estimate of drug-likeness (QED) is 0.221. The van der Waals surface area contributed by atoms with Gasteiger partial charge in [0.25, 0.3) is 0 Å². The second-order valence-electron chi connectivity index (χ2n) is 10.7. The normalized spacial score (nSPS) is 22.5. The van der Waals surface area contributed by atoms with Gasteiger partial charge < -0.3 is 35.9 Å². The van der Waals surface area contributed by atoms with Crippen molar-refractivity contribution < 1.29 is 14.9 Å². The van der Waals surface area contributed by atoms with E-state index < -0.39 is 24.5 Å². The van der Waals surface area contributed by atoms with Crippen molar-refractivity contribution in [3.63, 3.8) is 0 Å². The number of ether oxygens (including phenoxy) is 1. The van der Waals surface area contributed by atoms with Crippen LogP contribution in [-0.2, 0) is 10.2 Å². The number of anilines is 2. The number of nitrogens with zero attached hydrogens (tertiary/aromatic N) is 6. The molecule has 1 aliphatic heterocycles. The largest absolute Gasteiger partial charge is 0.387 e. The number of H-pyrrole nitrogens is 1. The van der Waals surface area contributed by atoms with Crippen LogP contribution in [0.2, 0.25) is 0 Å². The molecule has 0 saturated carbocycles. The molecule has 0 spiro atoms. The number of nitrogens with one attached hydrogen (secondary N) is 2. The van der Waals surface area contributed by atoms with Crippen molar-refractivity contribution in [2.75, 3.05) is 37.7 Å². The number of likely N-dealkylation sites (N-methyl/N-ethyl adjacent to an activating group) is 1. The summed E-state index contributed by atoms with van der Waals surface area (Å²) in [5.41, 5.74) is 10.0. The van der Waals surface area contributed by atoms with Gasteiger partial charge in [-0.05, 0) is 43.1 Å². The van der Waals surface area contributed by atoms with E-state index in [9.17, 15) is 10.2 Å². The van der Waals surface area contributed by atoms with E-state index in [4.69, 9.17) is 10.5 Å². The van der Waals surface area contributed by atoms with Crippen LogP contribution in [0.4, 0.5) is 11.8 Å². The number of rotatable bonds is 8. The lowest BCUT2D eigenvalue weighted by Gasteiger charge is -2.22. The van der Waals surface area contributed by atoms with E-state index in [1.165, 1.54) is 18.2 Å². The maximum Gasteiger partial charge on any atom is 0.201 e. The molecule has 0 unspecified atom stereocenters. The summed E-state index contributed by atoms with van der Waals surface area (Å²) in [7, 11) is 1.96. The molecule has 1 saturated heterocycles. The molecule has 4 heterocycles. The minimum Gasteiger partial charge on any atom is -0.387 e. The fourth-order valence-electron chi connectivity index (χ4n) is 4.68. The Balaban J connectivity index is 1.13. The lowest BCUT2D eigenvalue weighted by molar-refractivity contribution is -0.0421. The molecule has 0 bridgehead atoms. The van der Waals surface area contributed by atoms with Crippen LogP contribution in [0.1, 0.15) is 39.0 Å². The van der Waals surface area contributed by atoms with Gasteiger partial charge in [-0.15, -0.1) is 0 Å². The SMILES string of the molecule is CN(CCCNc1nc2ccc(C(C)(C)C)cc2[nH]1)C[C@H]1O[C@@H](n2cnc3c(N)ncnc32)[C@H](O)[C@@H]1O. The number of benzene rings is 1. The third-order valence-corrected chi connectivity index (χ3v) is 6.85. The third-order valence-electron chi connectivity index (χ3n) is 6.85. The standard InChI is InChI=1S/C25H35N9O3/c1-25(2,3)14-6-7-15-16(10-14)32-24(31-15)27-8-5-9-33(4)11-17-19(35)20(36)23(37-17)34-13-30-18-21(26)28-12-29-22(18)34/h6-7,10,12-13,17,19-20,23,35-36H,5,8-9,11H2,1-4H3,(H2,26,28,29)(H2,27,31,32)/t17-,19-,20-,23-/m1/s1. The summed E-state index contributed by atoms with van der Waals surface area (Å²) in [6.07, 6.45) is 0.134. The van der Waals surface area contributed by atoms with Crippen LogP contribution in [0, 0.1) is 0 Å². The van der Waals surface area contributed by atoms with Gasteiger partial charge >= 0.3 is 0 Å². The maximum atomic E-state index is 10.7. The van der Waals surface area contributed by atoms with Crippen molar-refractivity contribution in [2.24, 2.45) is 0 Å². The Hall–Kier alpha value is -3.32. The molecule has 3 aromatic heterocycles. The van der Waals surface area contributed by atoms with Gasteiger partial charge in [0.2, 0.25) is 5.95 Å². The van der Waals surface area contributed by atoms with Gasteiger partial charge in [0.05, 0.1) is 17.4 Å². The van der Waals surface area contributed by atoms with Gasteiger partial charge in [-0.2, -0.15) is 0 Å². The first-order chi connectivity index (χ1) is 17.6. The maximum absolute atomic E-state index is 10.7. The highest BCUT2D eigenvalue weighted by molar-refractivity contribution is 5.81. The minimum absolute atomic E-state index is 0.0824. The fraction of sp³-hybridized carbons (Fsp3) is 0.520. The Bertz CT molecular complexity index is 1380. The summed E-state index contributed by atoms with van der Waals surface area (Å²) >= 11 is 0. The van der Waals surface area contributed by atoms with E-state index in [1.807, 2.05) is 7.05 Å². The molecule has 198 valence electrons. The predicted molar refractivity (Wildman–Crippen MR) is 141 cm³/mol. The molecule has 37 heavy (non-hydrogen) atoms. The van der Waals surface area contributed by atoms with Crippen molar-refractivity contribution in [1.82, 2.24) is 34.4 Å². The van der Waals surface area contributed by atoms with Gasteiger partial charge in [0.1, 0.15) is 30.2 Å². The van der Waals surface area contributed by atoms with Crippen molar-refractivity contribution in [2.45, 2.75) is 57.1 Å². The molecular formula is C25H35N9O3. The zero-order valence-corrected chi connectivity index (χ0v) is 21.6. The number of hydrogen-bond acceptors (Lipinski definition) is 10. The molecule has 12 nitrogen and oxygen atoms in total. The van der Waals surface area contributed by atoms with Gasteiger partial charge in [0.15, 0.2) is 17.7 Å². The second-order valence-corrected chi connectivity index (χ2v) is 10.7. The zero-order valence-electron chi connectivity index (χ0n) is 21.6. The number of aromatic nitrogens is 6. The molecule has 1 aliphatic rings. The summed E-state index contributed by atoms with van der Waals surface area (Å²) in [6.45, 7) is 8.55. The summed E-state index contributed by atoms with van der Waals surface area (Å²) < 4.78 is 7.63. The Kier molecular flexibility index (Phi) is 6.75. The number of aromatic amines is 1.